The van der Waals surface area contributed by atoms with Gasteiger partial charge < -0.3 is 73.7 Å². The van der Waals surface area contributed by atoms with Crippen LogP contribution in [0.2, 0.25) is 0 Å². The van der Waals surface area contributed by atoms with Crippen molar-refractivity contribution < 1.29 is 83.3 Å². The number of benzene rings is 2. The summed E-state index contributed by atoms with van der Waals surface area (Å²) in [6.45, 7) is 0.782. The molecular weight excluding hydrogens is 672 g/mol. The molecule has 0 bridgehead atoms. The number of aromatic hydroxyl groups is 1. The number of aliphatic carboxylic acids is 1. The maximum Gasteiger partial charge on any atom is 0.306 e. The van der Waals surface area contributed by atoms with Crippen molar-refractivity contribution in [1.29, 1.82) is 0 Å². The summed E-state index contributed by atoms with van der Waals surface area (Å²) in [6, 6.07) is 8.24. The van der Waals surface area contributed by atoms with E-state index in [-0.39, 0.29) is 22.7 Å². The summed E-state index contributed by atoms with van der Waals surface area (Å²) in [5.74, 6) is -3.41. The summed E-state index contributed by atoms with van der Waals surface area (Å²) in [5, 5.41) is 81.6. The van der Waals surface area contributed by atoms with Crippen LogP contribution in [0, 0.1) is 0 Å². The molecule has 2 aliphatic heterocycles. The van der Waals surface area contributed by atoms with Gasteiger partial charge in [0.1, 0.15) is 77.6 Å². The number of ether oxygens (including phenoxy) is 6. The van der Waals surface area contributed by atoms with Crippen molar-refractivity contribution in [3.05, 3.63) is 46.6 Å². The lowest BCUT2D eigenvalue weighted by Crippen LogP contribution is -2.60. The number of aliphatic hydroxyl groups excluding tert-OH is 6. The van der Waals surface area contributed by atoms with Crippen LogP contribution in [-0.2, 0) is 23.8 Å². The fraction of sp³-hybridized carbons (Fsp3) is 0.469. The van der Waals surface area contributed by atoms with Crippen LogP contribution >= 0.6 is 0 Å². The van der Waals surface area contributed by atoms with E-state index in [4.69, 9.17) is 37.9 Å². The standard InChI is InChI=1S/C32H36O18/c1-12-22(37)25(40)27(42)31(46-12)50-30-24(39)21-16(33)9-15(10-17(21)48-29(30)13-3-5-14(44-2)6-4-13)47-32-28(43)26(41)23(38)18(49-32)11-45-20(36)8-7-19(34)35/h3-6,9-10,12,18,22-23,25-28,31-33,37-38,40-43H,7-8,11H2,1-2H3,(H,34,35)/t12?,18?,22-,23+,25?,26-,27-,28?,31-,32+/m0/s1. The summed E-state index contributed by atoms with van der Waals surface area (Å²) in [5.41, 5.74) is -0.956. The molecule has 0 spiro atoms. The minimum absolute atomic E-state index is 0.219. The first-order chi connectivity index (χ1) is 23.7. The average molecular weight is 709 g/mol. The number of phenols is 1. The predicted molar refractivity (Wildman–Crippen MR) is 164 cm³/mol. The Morgan fingerprint density at radius 1 is 0.800 bits per heavy atom. The van der Waals surface area contributed by atoms with Crippen molar-refractivity contribution in [2.24, 2.45) is 0 Å². The Hall–Kier alpha value is -4.53. The average Bonchev–Trinajstić information content (AvgIpc) is 3.09. The largest absolute Gasteiger partial charge is 0.507 e. The maximum atomic E-state index is 13.9. The highest BCUT2D eigenvalue weighted by molar-refractivity contribution is 5.88. The second-order valence-electron chi connectivity index (χ2n) is 11.6. The highest BCUT2D eigenvalue weighted by Gasteiger charge is 2.46. The van der Waals surface area contributed by atoms with E-state index in [0.29, 0.717) is 5.75 Å². The molecule has 4 unspecified atom stereocenters. The summed E-state index contributed by atoms with van der Waals surface area (Å²) < 4.78 is 38.6. The molecule has 2 fully saturated rings. The van der Waals surface area contributed by atoms with Crippen LogP contribution in [0.5, 0.6) is 23.0 Å². The highest BCUT2D eigenvalue weighted by atomic mass is 16.7. The molecule has 2 saturated heterocycles. The molecule has 0 saturated carbocycles. The molecule has 0 amide bonds. The molecule has 18 heteroatoms. The number of carboxylic acids is 1. The van der Waals surface area contributed by atoms with Crippen LogP contribution in [-0.4, -0.2) is 128 Å². The lowest BCUT2D eigenvalue weighted by Gasteiger charge is -2.39. The molecule has 8 N–H and O–H groups in total. The van der Waals surface area contributed by atoms with E-state index in [2.05, 4.69) is 0 Å². The molecule has 2 aromatic carbocycles. The molecule has 3 heterocycles. The third-order valence-electron chi connectivity index (χ3n) is 8.17. The van der Waals surface area contributed by atoms with Gasteiger partial charge in [-0.3, -0.25) is 14.4 Å². The summed E-state index contributed by atoms with van der Waals surface area (Å²) in [6.07, 6.45) is -17.2. The van der Waals surface area contributed by atoms with E-state index < -0.39 is 115 Å². The lowest BCUT2D eigenvalue weighted by molar-refractivity contribution is -0.278. The maximum absolute atomic E-state index is 13.9. The smallest absolute Gasteiger partial charge is 0.306 e. The molecule has 1 aromatic heterocycles. The number of phenolic OH excluding ortho intramolecular Hbond substituents is 1. The Morgan fingerprint density at radius 2 is 1.44 bits per heavy atom. The third-order valence-corrected chi connectivity index (χ3v) is 8.17. The van der Waals surface area contributed by atoms with Crippen LogP contribution in [0.15, 0.2) is 45.6 Å². The van der Waals surface area contributed by atoms with Crippen LogP contribution < -0.4 is 19.6 Å². The zero-order chi connectivity index (χ0) is 36.4. The van der Waals surface area contributed by atoms with Crippen molar-refractivity contribution in [2.75, 3.05) is 13.7 Å². The molecule has 0 radical (unpaired) electrons. The van der Waals surface area contributed by atoms with Crippen molar-refractivity contribution in [3.8, 4) is 34.3 Å². The van der Waals surface area contributed by atoms with E-state index in [1.807, 2.05) is 0 Å². The predicted octanol–water partition coefficient (Wildman–Crippen LogP) is -1.03. The second kappa shape index (κ2) is 15.2. The second-order valence-corrected chi connectivity index (χ2v) is 11.6. The van der Waals surface area contributed by atoms with Gasteiger partial charge in [-0.25, -0.2) is 0 Å². The number of hydrogen-bond acceptors (Lipinski definition) is 17. The molecular formula is C32H36O18. The number of carboxylic acid groups (broad SMARTS) is 1. The first kappa shape index (κ1) is 36.7. The van der Waals surface area contributed by atoms with Crippen LogP contribution in [0.25, 0.3) is 22.3 Å². The number of aliphatic hydroxyl groups is 6. The lowest BCUT2D eigenvalue weighted by atomic mass is 9.99. The van der Waals surface area contributed by atoms with Crippen molar-refractivity contribution in [2.45, 2.75) is 81.2 Å². The number of esters is 1. The molecule has 0 aliphatic carbocycles. The van der Waals surface area contributed by atoms with Gasteiger partial charge in [0.15, 0.2) is 5.76 Å². The molecule has 50 heavy (non-hydrogen) atoms. The van der Waals surface area contributed by atoms with Crippen molar-refractivity contribution in [3.63, 3.8) is 0 Å². The SMILES string of the molecule is COc1ccc(-c2oc3cc(O[C@@H]4OC(COC(=O)CCC(=O)O)[C@@H](O)[C@H](O)C4O)cc(O)c3c(=O)c2O[C@@H]2OC(C)[C@H](O)C(O)[C@@H]2O)cc1. The van der Waals surface area contributed by atoms with E-state index in [0.717, 1.165) is 12.1 Å². The minimum Gasteiger partial charge on any atom is -0.507 e. The minimum atomic E-state index is -1.86. The van der Waals surface area contributed by atoms with Crippen LogP contribution in [0.4, 0.5) is 0 Å². The van der Waals surface area contributed by atoms with Gasteiger partial charge >= 0.3 is 11.9 Å². The van der Waals surface area contributed by atoms with Gasteiger partial charge in [-0.05, 0) is 31.2 Å². The van der Waals surface area contributed by atoms with Gasteiger partial charge in [0.05, 0.1) is 26.1 Å². The van der Waals surface area contributed by atoms with Crippen molar-refractivity contribution >= 4 is 22.9 Å². The number of rotatable bonds is 11. The Bertz CT molecular complexity index is 1740. The van der Waals surface area contributed by atoms with E-state index in [1.165, 1.54) is 26.2 Å². The summed E-state index contributed by atoms with van der Waals surface area (Å²) >= 11 is 0. The molecule has 10 atom stereocenters. The molecule has 2 aliphatic rings. The van der Waals surface area contributed by atoms with Gasteiger partial charge in [0.25, 0.3) is 0 Å². The number of methoxy groups -OCH3 is 1. The van der Waals surface area contributed by atoms with Crippen LogP contribution in [0.1, 0.15) is 19.8 Å². The van der Waals surface area contributed by atoms with Gasteiger partial charge in [-0.2, -0.15) is 0 Å². The monoisotopic (exact) mass is 708 g/mol. The first-order valence-electron chi connectivity index (χ1n) is 15.3. The first-order valence-corrected chi connectivity index (χ1v) is 15.3. The van der Waals surface area contributed by atoms with Gasteiger partial charge in [0.2, 0.25) is 23.8 Å². The molecule has 3 aromatic rings. The van der Waals surface area contributed by atoms with Crippen LogP contribution in [0.3, 0.4) is 0 Å². The summed E-state index contributed by atoms with van der Waals surface area (Å²) in [7, 11) is 1.44. The fourth-order valence-corrected chi connectivity index (χ4v) is 5.33. The van der Waals surface area contributed by atoms with E-state index >= 15 is 0 Å². The molecule has 272 valence electrons. The van der Waals surface area contributed by atoms with E-state index in [1.54, 1.807) is 12.1 Å². The molecule has 18 nitrogen and oxygen atoms in total. The fourth-order valence-electron chi connectivity index (χ4n) is 5.33. The number of hydrogen-bond donors (Lipinski definition) is 8. The number of carbonyl (C=O) groups is 2. The quantitative estimate of drug-likeness (QED) is 0.111. The Kier molecular flexibility index (Phi) is 11.1. The summed E-state index contributed by atoms with van der Waals surface area (Å²) in [4.78, 5) is 36.5. The topological polar surface area (TPSA) is 282 Å². The molecule has 5 rings (SSSR count). The van der Waals surface area contributed by atoms with Gasteiger partial charge in [0, 0.05) is 17.7 Å². The normalized spacial score (nSPS) is 29.7. The number of fused-ring (bicyclic) bond motifs is 1. The zero-order valence-electron chi connectivity index (χ0n) is 26.5. The highest BCUT2D eigenvalue weighted by Crippen LogP contribution is 2.38. The Labute approximate surface area is 282 Å². The van der Waals surface area contributed by atoms with Gasteiger partial charge in [-0.15, -0.1) is 0 Å². The van der Waals surface area contributed by atoms with Crippen molar-refractivity contribution in [1.82, 2.24) is 0 Å². The van der Waals surface area contributed by atoms with E-state index in [9.17, 15) is 50.1 Å². The number of carbonyl (C=O) groups excluding carboxylic acids is 1. The zero-order valence-corrected chi connectivity index (χ0v) is 26.5. The Morgan fingerprint density at radius 3 is 2.08 bits per heavy atom. The third kappa shape index (κ3) is 7.62. The van der Waals surface area contributed by atoms with Gasteiger partial charge in [-0.1, -0.05) is 0 Å². The Balaban J connectivity index is 1.48.